The molecule has 1 N–H and O–H groups in total. The second-order valence-electron chi connectivity index (χ2n) is 4.58. The van der Waals surface area contributed by atoms with Gasteiger partial charge in [0, 0.05) is 12.1 Å². The molecule has 1 saturated carbocycles. The van der Waals surface area contributed by atoms with Gasteiger partial charge in [0.05, 0.1) is 0 Å². The van der Waals surface area contributed by atoms with Crippen LogP contribution in [0.1, 0.15) is 39.0 Å². The summed E-state index contributed by atoms with van der Waals surface area (Å²) in [5.41, 5.74) is 0.121. The van der Waals surface area contributed by atoms with E-state index in [4.69, 9.17) is 0 Å². The molecule has 0 aromatic carbocycles. The van der Waals surface area contributed by atoms with Gasteiger partial charge in [0.2, 0.25) is 0 Å². The van der Waals surface area contributed by atoms with Crippen LogP contribution < -0.4 is 5.32 Å². The highest BCUT2D eigenvalue weighted by Gasteiger charge is 2.41. The second kappa shape index (κ2) is 4.14. The molecule has 0 aromatic rings. The third kappa shape index (κ3) is 2.16. The molecule has 1 saturated heterocycles. The lowest BCUT2D eigenvalue weighted by molar-refractivity contribution is 0.246. The van der Waals surface area contributed by atoms with E-state index >= 15 is 0 Å². The summed E-state index contributed by atoms with van der Waals surface area (Å²) in [6.45, 7) is 2.77. The average Bonchev–Trinajstić information content (AvgIpc) is 2.59. The third-order valence-electron chi connectivity index (χ3n) is 3.63. The van der Waals surface area contributed by atoms with Gasteiger partial charge in [-0.25, -0.2) is 4.39 Å². The summed E-state index contributed by atoms with van der Waals surface area (Å²) in [5.74, 6) is 0.734. The van der Waals surface area contributed by atoms with Gasteiger partial charge < -0.3 is 5.32 Å². The number of hydrogen-bond donors (Lipinski definition) is 1. The van der Waals surface area contributed by atoms with Crippen LogP contribution in [0, 0.1) is 5.92 Å². The minimum atomic E-state index is -0.601. The van der Waals surface area contributed by atoms with Gasteiger partial charge in [0.25, 0.3) is 0 Å². The molecule has 1 aliphatic heterocycles. The van der Waals surface area contributed by atoms with Gasteiger partial charge in [0.1, 0.15) is 6.17 Å². The molecule has 2 fully saturated rings. The van der Waals surface area contributed by atoms with Crippen molar-refractivity contribution in [1.29, 1.82) is 0 Å². The SMILES string of the molecule is CC1(C2CCCC2)CC(F)CN1.Cl. The third-order valence-corrected chi connectivity index (χ3v) is 3.63. The summed E-state index contributed by atoms with van der Waals surface area (Å²) in [4.78, 5) is 0. The van der Waals surface area contributed by atoms with Crippen LogP contribution in [-0.4, -0.2) is 18.3 Å². The maximum atomic E-state index is 13.0. The maximum absolute atomic E-state index is 13.0. The fraction of sp³-hybridized carbons (Fsp3) is 1.00. The van der Waals surface area contributed by atoms with E-state index in [0.29, 0.717) is 6.54 Å². The van der Waals surface area contributed by atoms with E-state index in [2.05, 4.69) is 12.2 Å². The molecule has 2 rings (SSSR count). The largest absolute Gasteiger partial charge is 0.308 e. The highest BCUT2D eigenvalue weighted by molar-refractivity contribution is 5.85. The highest BCUT2D eigenvalue weighted by atomic mass is 35.5. The highest BCUT2D eigenvalue weighted by Crippen LogP contribution is 2.39. The summed E-state index contributed by atoms with van der Waals surface area (Å²) in [6.07, 6.45) is 5.43. The molecule has 1 nitrogen and oxygen atoms in total. The first-order valence-corrected chi connectivity index (χ1v) is 5.10. The molecule has 0 radical (unpaired) electrons. The molecule has 2 unspecified atom stereocenters. The van der Waals surface area contributed by atoms with Crippen LogP contribution in [0.2, 0.25) is 0 Å². The monoisotopic (exact) mass is 207 g/mol. The number of hydrogen-bond acceptors (Lipinski definition) is 1. The first kappa shape index (κ1) is 11.3. The molecule has 13 heavy (non-hydrogen) atoms. The zero-order valence-corrected chi connectivity index (χ0v) is 9.00. The Morgan fingerprint density at radius 2 is 1.92 bits per heavy atom. The van der Waals surface area contributed by atoms with Crippen molar-refractivity contribution in [2.75, 3.05) is 6.54 Å². The summed E-state index contributed by atoms with van der Waals surface area (Å²) in [6, 6.07) is 0. The molecule has 2 aliphatic rings. The van der Waals surface area contributed by atoms with Crippen molar-refractivity contribution < 1.29 is 4.39 Å². The number of nitrogens with one attached hydrogen (secondary N) is 1. The number of alkyl halides is 1. The fourth-order valence-corrected chi connectivity index (χ4v) is 2.82. The van der Waals surface area contributed by atoms with Gasteiger partial charge in [-0.05, 0) is 32.1 Å². The smallest absolute Gasteiger partial charge is 0.114 e. The molecule has 78 valence electrons. The van der Waals surface area contributed by atoms with Crippen molar-refractivity contribution >= 4 is 12.4 Å². The normalized spacial score (nSPS) is 40.6. The van der Waals surface area contributed by atoms with Crippen LogP contribution in [-0.2, 0) is 0 Å². The van der Waals surface area contributed by atoms with Crippen LogP contribution in [0.5, 0.6) is 0 Å². The van der Waals surface area contributed by atoms with Crippen molar-refractivity contribution in [2.24, 2.45) is 5.92 Å². The standard InChI is InChI=1S/C10H18FN.ClH/c1-10(6-9(11)7-12-10)8-4-2-3-5-8;/h8-9,12H,2-7H2,1H3;1H. The first-order valence-electron chi connectivity index (χ1n) is 5.10. The van der Waals surface area contributed by atoms with E-state index in [0.717, 1.165) is 12.3 Å². The first-order chi connectivity index (χ1) is 5.71. The van der Waals surface area contributed by atoms with Crippen molar-refractivity contribution in [3.05, 3.63) is 0 Å². The zero-order chi connectivity index (χ0) is 8.60. The maximum Gasteiger partial charge on any atom is 0.114 e. The minimum Gasteiger partial charge on any atom is -0.308 e. The minimum absolute atomic E-state index is 0. The Labute approximate surface area is 85.9 Å². The van der Waals surface area contributed by atoms with Gasteiger partial charge in [-0.1, -0.05) is 12.8 Å². The molecule has 0 bridgehead atoms. The van der Waals surface area contributed by atoms with Crippen molar-refractivity contribution in [2.45, 2.75) is 50.7 Å². The molecule has 3 heteroatoms. The van der Waals surface area contributed by atoms with E-state index in [1.165, 1.54) is 25.7 Å². The molecule has 0 aromatic heterocycles. The van der Waals surface area contributed by atoms with Crippen LogP contribution in [0.4, 0.5) is 4.39 Å². The average molecular weight is 208 g/mol. The predicted octanol–water partition coefficient (Wildman–Crippen LogP) is 2.69. The van der Waals surface area contributed by atoms with Crippen LogP contribution >= 0.6 is 12.4 Å². The van der Waals surface area contributed by atoms with Gasteiger partial charge in [-0.2, -0.15) is 0 Å². The lowest BCUT2D eigenvalue weighted by Gasteiger charge is -2.31. The molecule has 2 atom stereocenters. The lowest BCUT2D eigenvalue weighted by atomic mass is 9.83. The molecule has 1 aliphatic carbocycles. The lowest BCUT2D eigenvalue weighted by Crippen LogP contribution is -2.42. The fourth-order valence-electron chi connectivity index (χ4n) is 2.82. The topological polar surface area (TPSA) is 12.0 Å². The summed E-state index contributed by atoms with van der Waals surface area (Å²) < 4.78 is 13.0. The Bertz CT molecular complexity index is 170. The Morgan fingerprint density at radius 3 is 2.38 bits per heavy atom. The zero-order valence-electron chi connectivity index (χ0n) is 8.18. The van der Waals surface area contributed by atoms with Crippen molar-refractivity contribution in [1.82, 2.24) is 5.32 Å². The van der Waals surface area contributed by atoms with Crippen LogP contribution in [0.15, 0.2) is 0 Å². The molecular weight excluding hydrogens is 189 g/mol. The van der Waals surface area contributed by atoms with E-state index in [1.54, 1.807) is 0 Å². The molecule has 0 amide bonds. The Kier molecular flexibility index (Phi) is 3.58. The molecule has 0 spiro atoms. The van der Waals surface area contributed by atoms with E-state index < -0.39 is 6.17 Å². The van der Waals surface area contributed by atoms with Crippen LogP contribution in [0.25, 0.3) is 0 Å². The van der Waals surface area contributed by atoms with Gasteiger partial charge in [-0.3, -0.25) is 0 Å². The molecule has 1 heterocycles. The Balaban J connectivity index is 0.000000845. The van der Waals surface area contributed by atoms with Gasteiger partial charge in [0.15, 0.2) is 0 Å². The van der Waals surface area contributed by atoms with Crippen molar-refractivity contribution in [3.8, 4) is 0 Å². The second-order valence-corrected chi connectivity index (χ2v) is 4.58. The summed E-state index contributed by atoms with van der Waals surface area (Å²) in [5, 5.41) is 3.35. The van der Waals surface area contributed by atoms with E-state index in [-0.39, 0.29) is 17.9 Å². The summed E-state index contributed by atoms with van der Waals surface area (Å²) in [7, 11) is 0. The van der Waals surface area contributed by atoms with Gasteiger partial charge in [-0.15, -0.1) is 12.4 Å². The number of halogens is 2. The quantitative estimate of drug-likeness (QED) is 0.697. The molecular formula is C10H19ClFN. The van der Waals surface area contributed by atoms with Crippen LogP contribution in [0.3, 0.4) is 0 Å². The Morgan fingerprint density at radius 1 is 1.31 bits per heavy atom. The predicted molar refractivity (Wildman–Crippen MR) is 55.1 cm³/mol. The van der Waals surface area contributed by atoms with Crippen molar-refractivity contribution in [3.63, 3.8) is 0 Å². The number of rotatable bonds is 1. The van der Waals surface area contributed by atoms with E-state index in [9.17, 15) is 4.39 Å². The van der Waals surface area contributed by atoms with Gasteiger partial charge >= 0.3 is 0 Å². The Hall–Kier alpha value is 0.180. The van der Waals surface area contributed by atoms with E-state index in [1.807, 2.05) is 0 Å². The summed E-state index contributed by atoms with van der Waals surface area (Å²) >= 11 is 0.